The number of hydrogen-bond donors (Lipinski definition) is 1. The second-order valence-electron chi connectivity index (χ2n) is 3.03. The fourth-order valence-corrected chi connectivity index (χ4v) is 1.47. The van der Waals surface area contributed by atoms with Crippen molar-refractivity contribution in [3.63, 3.8) is 0 Å². The zero-order valence-electron chi connectivity index (χ0n) is 7.42. The number of benzene rings is 1. The molecule has 2 rings (SSSR count). The molecule has 0 amide bonds. The highest BCUT2D eigenvalue weighted by Crippen LogP contribution is 2.38. The molecule has 0 bridgehead atoms. The number of phenols is 1. The molecular weight excluding hydrogens is 204 g/mol. The fourth-order valence-electron chi connectivity index (χ4n) is 1.32. The molecule has 1 aromatic rings. The lowest BCUT2D eigenvalue weighted by molar-refractivity contribution is 0.174. The summed E-state index contributed by atoms with van der Waals surface area (Å²) in [6.07, 6.45) is 0.421. The van der Waals surface area contributed by atoms with Crippen molar-refractivity contribution >= 4 is 11.6 Å². The fraction of sp³-hybridized carbons (Fsp3) is 0.200. The third kappa shape index (κ3) is 1.63. The first-order valence-electron chi connectivity index (χ1n) is 4.11. The van der Waals surface area contributed by atoms with E-state index in [1.807, 2.05) is 0 Å². The molecule has 0 saturated carbocycles. The first kappa shape index (κ1) is 9.21. The van der Waals surface area contributed by atoms with Crippen molar-refractivity contribution in [3.05, 3.63) is 29.3 Å². The van der Waals surface area contributed by atoms with E-state index in [0.717, 1.165) is 0 Å². The molecular formula is C10H9ClO3. The molecule has 0 aromatic heterocycles. The average Bonchev–Trinajstić information content (AvgIpc) is 2.51. The minimum absolute atomic E-state index is 0.149. The van der Waals surface area contributed by atoms with E-state index in [1.54, 1.807) is 6.07 Å². The first-order valence-corrected chi connectivity index (χ1v) is 4.49. The van der Waals surface area contributed by atoms with E-state index in [-0.39, 0.29) is 12.5 Å². The van der Waals surface area contributed by atoms with E-state index in [9.17, 15) is 5.11 Å². The molecule has 0 unspecified atom stereocenters. The minimum atomic E-state index is 0.149. The second kappa shape index (κ2) is 3.42. The smallest absolute Gasteiger partial charge is 0.231 e. The number of rotatable bonds is 2. The maximum atomic E-state index is 9.59. The van der Waals surface area contributed by atoms with Crippen molar-refractivity contribution in [1.29, 1.82) is 0 Å². The molecule has 74 valence electrons. The van der Waals surface area contributed by atoms with Crippen molar-refractivity contribution in [3.8, 4) is 17.2 Å². The largest absolute Gasteiger partial charge is 0.508 e. The SMILES string of the molecule is C=C(Cl)Cc1cc2c(cc1O)OCO2. The minimum Gasteiger partial charge on any atom is -0.508 e. The van der Waals surface area contributed by atoms with Gasteiger partial charge in [-0.25, -0.2) is 0 Å². The summed E-state index contributed by atoms with van der Waals surface area (Å²) in [6.45, 7) is 3.76. The lowest BCUT2D eigenvalue weighted by Gasteiger charge is -2.04. The van der Waals surface area contributed by atoms with Gasteiger partial charge in [0.25, 0.3) is 0 Å². The van der Waals surface area contributed by atoms with Gasteiger partial charge in [0.15, 0.2) is 11.5 Å². The summed E-state index contributed by atoms with van der Waals surface area (Å²) in [7, 11) is 0. The van der Waals surface area contributed by atoms with Gasteiger partial charge in [0.2, 0.25) is 6.79 Å². The van der Waals surface area contributed by atoms with Gasteiger partial charge in [-0.1, -0.05) is 18.2 Å². The summed E-state index contributed by atoms with van der Waals surface area (Å²) in [4.78, 5) is 0. The van der Waals surface area contributed by atoms with Crippen LogP contribution >= 0.6 is 11.6 Å². The molecule has 14 heavy (non-hydrogen) atoms. The molecule has 4 heteroatoms. The van der Waals surface area contributed by atoms with Gasteiger partial charge in [-0.2, -0.15) is 0 Å². The lowest BCUT2D eigenvalue weighted by Crippen LogP contribution is -1.92. The topological polar surface area (TPSA) is 38.7 Å². The van der Waals surface area contributed by atoms with Crippen LogP contribution in [0.25, 0.3) is 0 Å². The Bertz CT molecular complexity index is 387. The first-order chi connectivity index (χ1) is 6.66. The Morgan fingerprint density at radius 3 is 2.71 bits per heavy atom. The standard InChI is InChI=1S/C10H9ClO3/c1-6(11)2-7-3-9-10(4-8(7)12)14-5-13-9/h3-4,12H,1-2,5H2. The van der Waals surface area contributed by atoms with Crippen LogP contribution in [0.3, 0.4) is 0 Å². The van der Waals surface area contributed by atoms with Crippen LogP contribution in [0.4, 0.5) is 0 Å². The molecule has 3 nitrogen and oxygen atoms in total. The summed E-state index contributed by atoms with van der Waals surface area (Å²) in [5.41, 5.74) is 0.689. The Labute approximate surface area is 86.5 Å². The van der Waals surface area contributed by atoms with Gasteiger partial charge in [0, 0.05) is 23.1 Å². The number of allylic oxidation sites excluding steroid dienone is 1. The van der Waals surface area contributed by atoms with Gasteiger partial charge in [-0.05, 0) is 6.07 Å². The van der Waals surface area contributed by atoms with E-state index in [0.29, 0.717) is 28.5 Å². The molecule has 0 fully saturated rings. The van der Waals surface area contributed by atoms with Gasteiger partial charge in [-0.15, -0.1) is 0 Å². The predicted molar refractivity (Wildman–Crippen MR) is 52.9 cm³/mol. The van der Waals surface area contributed by atoms with Crippen LogP contribution in [0.5, 0.6) is 17.2 Å². The average molecular weight is 213 g/mol. The van der Waals surface area contributed by atoms with E-state index in [1.165, 1.54) is 6.07 Å². The van der Waals surface area contributed by atoms with Gasteiger partial charge in [0.05, 0.1) is 0 Å². The Hall–Kier alpha value is -1.35. The monoisotopic (exact) mass is 212 g/mol. The highest BCUT2D eigenvalue weighted by Gasteiger charge is 2.16. The number of phenolic OH excluding ortho intramolecular Hbond substituents is 1. The molecule has 0 radical (unpaired) electrons. The van der Waals surface area contributed by atoms with Crippen LogP contribution in [0, 0.1) is 0 Å². The summed E-state index contributed by atoms with van der Waals surface area (Å²) in [6, 6.07) is 3.24. The number of aromatic hydroxyl groups is 1. The summed E-state index contributed by atoms with van der Waals surface area (Å²) < 4.78 is 10.3. The van der Waals surface area contributed by atoms with Gasteiger partial charge in [-0.3, -0.25) is 0 Å². The Kier molecular flexibility index (Phi) is 2.25. The van der Waals surface area contributed by atoms with Crippen molar-refractivity contribution in [2.24, 2.45) is 0 Å². The third-order valence-corrected chi connectivity index (χ3v) is 2.09. The molecule has 0 saturated heterocycles. The van der Waals surface area contributed by atoms with Gasteiger partial charge in [0.1, 0.15) is 5.75 Å². The quantitative estimate of drug-likeness (QED) is 0.818. The summed E-state index contributed by atoms with van der Waals surface area (Å²) >= 11 is 5.66. The van der Waals surface area contributed by atoms with E-state index in [4.69, 9.17) is 21.1 Å². The van der Waals surface area contributed by atoms with Crippen LogP contribution < -0.4 is 9.47 Å². The molecule has 1 aliphatic rings. The van der Waals surface area contributed by atoms with E-state index >= 15 is 0 Å². The van der Waals surface area contributed by atoms with Gasteiger partial charge >= 0.3 is 0 Å². The van der Waals surface area contributed by atoms with Gasteiger partial charge < -0.3 is 14.6 Å². The van der Waals surface area contributed by atoms with Crippen molar-refractivity contribution < 1.29 is 14.6 Å². The van der Waals surface area contributed by atoms with Crippen molar-refractivity contribution in [1.82, 2.24) is 0 Å². The maximum Gasteiger partial charge on any atom is 0.231 e. The number of hydrogen-bond acceptors (Lipinski definition) is 3. The number of fused-ring (bicyclic) bond motifs is 1. The molecule has 1 N–H and O–H groups in total. The zero-order valence-corrected chi connectivity index (χ0v) is 8.17. The van der Waals surface area contributed by atoms with Crippen LogP contribution in [-0.4, -0.2) is 11.9 Å². The third-order valence-electron chi connectivity index (χ3n) is 1.96. The highest BCUT2D eigenvalue weighted by molar-refractivity contribution is 6.29. The summed E-state index contributed by atoms with van der Waals surface area (Å²) in [5, 5.41) is 10.1. The van der Waals surface area contributed by atoms with Crippen molar-refractivity contribution in [2.75, 3.05) is 6.79 Å². The number of halogens is 1. The predicted octanol–water partition coefficient (Wildman–Crippen LogP) is 2.42. The van der Waals surface area contributed by atoms with Crippen LogP contribution in [-0.2, 0) is 6.42 Å². The second-order valence-corrected chi connectivity index (χ2v) is 3.56. The van der Waals surface area contributed by atoms with E-state index in [2.05, 4.69) is 6.58 Å². The Morgan fingerprint density at radius 1 is 1.43 bits per heavy atom. The normalized spacial score (nSPS) is 12.9. The van der Waals surface area contributed by atoms with Crippen LogP contribution in [0.1, 0.15) is 5.56 Å². The Balaban J connectivity index is 2.37. The maximum absolute atomic E-state index is 9.59. The molecule has 1 heterocycles. The van der Waals surface area contributed by atoms with Crippen molar-refractivity contribution in [2.45, 2.75) is 6.42 Å². The Morgan fingerprint density at radius 2 is 2.07 bits per heavy atom. The zero-order chi connectivity index (χ0) is 10.1. The van der Waals surface area contributed by atoms with Crippen LogP contribution in [0.15, 0.2) is 23.7 Å². The highest BCUT2D eigenvalue weighted by atomic mass is 35.5. The molecule has 0 spiro atoms. The lowest BCUT2D eigenvalue weighted by atomic mass is 10.1. The summed E-state index contributed by atoms with van der Waals surface area (Å²) in [5.74, 6) is 1.35. The number of ether oxygens (including phenoxy) is 2. The molecule has 1 aliphatic heterocycles. The molecule has 0 atom stereocenters. The molecule has 1 aromatic carbocycles. The van der Waals surface area contributed by atoms with Crippen LogP contribution in [0.2, 0.25) is 0 Å². The molecule has 0 aliphatic carbocycles. The van der Waals surface area contributed by atoms with E-state index < -0.39 is 0 Å².